The van der Waals surface area contributed by atoms with Crippen molar-refractivity contribution in [3.8, 4) is 11.3 Å². The van der Waals surface area contributed by atoms with Gasteiger partial charge in [-0.05, 0) is 25.1 Å². The van der Waals surface area contributed by atoms with Crippen LogP contribution in [0, 0.1) is 0 Å². The van der Waals surface area contributed by atoms with Crippen LogP contribution in [-0.4, -0.2) is 76.2 Å². The van der Waals surface area contributed by atoms with Crippen molar-refractivity contribution in [3.05, 3.63) is 78.0 Å². The van der Waals surface area contributed by atoms with Crippen LogP contribution in [-0.2, 0) is 27.4 Å². The smallest absolute Gasteiger partial charge is 0.414 e. The number of nitrogens with one attached hydrogen (secondary N) is 1. The Balaban J connectivity index is 0.000000509. The maximum atomic E-state index is 9.10. The standard InChI is InChI=1S/C24H30N4O.C2H2O4/c1-3-8-21(9-4-1)19-28-20-23(24(26-28)22-10-5-2-6-11-22)18-25-12-7-13-27-14-16-29-17-15-27;3-1(4)2(5)6/h1-6,8-11,20,25H,7,12-19H2;(H,3,4)(H,5,6). The number of carboxylic acid groups (broad SMARTS) is 2. The van der Waals surface area contributed by atoms with E-state index in [1.165, 1.54) is 16.7 Å². The van der Waals surface area contributed by atoms with Crippen LogP contribution in [0.3, 0.4) is 0 Å². The Morgan fingerprint density at radius 1 is 0.943 bits per heavy atom. The molecule has 1 saturated heterocycles. The summed E-state index contributed by atoms with van der Waals surface area (Å²) < 4.78 is 7.48. The average Bonchev–Trinajstić information content (AvgIpc) is 3.28. The molecule has 2 heterocycles. The number of carboxylic acids is 2. The van der Waals surface area contributed by atoms with Crippen molar-refractivity contribution >= 4 is 11.9 Å². The lowest BCUT2D eigenvalue weighted by atomic mass is 10.1. The van der Waals surface area contributed by atoms with Crippen molar-refractivity contribution in [3.63, 3.8) is 0 Å². The van der Waals surface area contributed by atoms with Gasteiger partial charge in [0, 0.05) is 37.0 Å². The number of hydrogen-bond donors (Lipinski definition) is 3. The highest BCUT2D eigenvalue weighted by atomic mass is 16.5. The first-order chi connectivity index (χ1) is 17.0. The SMILES string of the molecule is O=C(O)C(=O)O.c1ccc(Cn2cc(CNCCCN3CCOCC3)c(-c3ccccc3)n2)cc1. The van der Waals surface area contributed by atoms with Gasteiger partial charge in [0.1, 0.15) is 0 Å². The van der Waals surface area contributed by atoms with E-state index in [4.69, 9.17) is 29.6 Å². The van der Waals surface area contributed by atoms with Crippen molar-refractivity contribution in [1.29, 1.82) is 0 Å². The molecule has 0 bridgehead atoms. The van der Waals surface area contributed by atoms with E-state index in [1.807, 2.05) is 12.1 Å². The highest BCUT2D eigenvalue weighted by molar-refractivity contribution is 6.27. The highest BCUT2D eigenvalue weighted by Crippen LogP contribution is 2.22. The molecule has 1 fully saturated rings. The lowest BCUT2D eigenvalue weighted by molar-refractivity contribution is -0.159. The minimum absolute atomic E-state index is 0.789. The monoisotopic (exact) mass is 480 g/mol. The molecule has 0 spiro atoms. The summed E-state index contributed by atoms with van der Waals surface area (Å²) in [4.78, 5) is 20.7. The Labute approximate surface area is 205 Å². The molecule has 0 radical (unpaired) electrons. The largest absolute Gasteiger partial charge is 0.473 e. The third-order valence-corrected chi connectivity index (χ3v) is 5.50. The number of carbonyl (C=O) groups is 2. The van der Waals surface area contributed by atoms with Gasteiger partial charge in [-0.2, -0.15) is 5.10 Å². The third kappa shape index (κ3) is 8.97. The zero-order valence-electron chi connectivity index (χ0n) is 19.7. The maximum Gasteiger partial charge on any atom is 0.414 e. The number of morpholine rings is 1. The van der Waals surface area contributed by atoms with Gasteiger partial charge >= 0.3 is 11.9 Å². The summed E-state index contributed by atoms with van der Waals surface area (Å²) >= 11 is 0. The molecule has 1 aliphatic rings. The fourth-order valence-corrected chi connectivity index (χ4v) is 3.76. The molecule has 0 aliphatic carbocycles. The molecule has 4 rings (SSSR count). The van der Waals surface area contributed by atoms with Crippen molar-refractivity contribution in [2.24, 2.45) is 0 Å². The predicted octanol–water partition coefficient (Wildman–Crippen LogP) is 2.57. The van der Waals surface area contributed by atoms with E-state index in [2.05, 4.69) is 69.6 Å². The summed E-state index contributed by atoms with van der Waals surface area (Å²) in [5.41, 5.74) is 4.75. The van der Waals surface area contributed by atoms with Gasteiger partial charge in [0.15, 0.2) is 0 Å². The zero-order valence-corrected chi connectivity index (χ0v) is 19.7. The Hall–Kier alpha value is -3.53. The molecule has 0 saturated carbocycles. The first kappa shape index (κ1) is 26.1. The fourth-order valence-electron chi connectivity index (χ4n) is 3.76. The molecule has 0 amide bonds. The highest BCUT2D eigenvalue weighted by Gasteiger charge is 2.12. The van der Waals surface area contributed by atoms with Crippen LogP contribution in [0.2, 0.25) is 0 Å². The van der Waals surface area contributed by atoms with Gasteiger partial charge in [-0.1, -0.05) is 60.7 Å². The van der Waals surface area contributed by atoms with Crippen LogP contribution in [0.25, 0.3) is 11.3 Å². The van der Waals surface area contributed by atoms with Gasteiger partial charge in [-0.25, -0.2) is 9.59 Å². The van der Waals surface area contributed by atoms with Crippen LogP contribution in [0.15, 0.2) is 66.9 Å². The summed E-state index contributed by atoms with van der Waals surface area (Å²) in [5.74, 6) is -3.65. The van der Waals surface area contributed by atoms with E-state index in [-0.39, 0.29) is 0 Å². The van der Waals surface area contributed by atoms with Crippen molar-refractivity contribution in [1.82, 2.24) is 20.0 Å². The van der Waals surface area contributed by atoms with E-state index in [0.29, 0.717) is 0 Å². The summed E-state index contributed by atoms with van der Waals surface area (Å²) in [6.07, 6.45) is 3.34. The molecule has 35 heavy (non-hydrogen) atoms. The van der Waals surface area contributed by atoms with Gasteiger partial charge in [-0.3, -0.25) is 9.58 Å². The zero-order chi connectivity index (χ0) is 24.9. The second kappa shape index (κ2) is 14.0. The molecule has 2 aromatic carbocycles. The molecule has 1 aliphatic heterocycles. The van der Waals surface area contributed by atoms with Crippen molar-refractivity contribution < 1.29 is 24.5 Å². The van der Waals surface area contributed by atoms with Crippen LogP contribution in [0.1, 0.15) is 17.5 Å². The van der Waals surface area contributed by atoms with E-state index in [9.17, 15) is 0 Å². The Morgan fingerprint density at radius 2 is 1.57 bits per heavy atom. The number of rotatable bonds is 9. The second-order valence-electron chi connectivity index (χ2n) is 8.15. The van der Waals surface area contributed by atoms with Crippen LogP contribution in [0.4, 0.5) is 0 Å². The summed E-state index contributed by atoms with van der Waals surface area (Å²) in [6.45, 7) is 7.63. The van der Waals surface area contributed by atoms with Gasteiger partial charge < -0.3 is 20.3 Å². The maximum absolute atomic E-state index is 9.10. The van der Waals surface area contributed by atoms with E-state index >= 15 is 0 Å². The topological polar surface area (TPSA) is 117 Å². The molecule has 0 atom stereocenters. The lowest BCUT2D eigenvalue weighted by Gasteiger charge is -2.26. The first-order valence-corrected chi connectivity index (χ1v) is 11.7. The molecular weight excluding hydrogens is 448 g/mol. The number of ether oxygens (including phenoxy) is 1. The summed E-state index contributed by atoms with van der Waals surface area (Å²) in [7, 11) is 0. The average molecular weight is 481 g/mol. The van der Waals surface area contributed by atoms with Gasteiger partial charge in [-0.15, -0.1) is 0 Å². The summed E-state index contributed by atoms with van der Waals surface area (Å²) in [6, 6.07) is 21.0. The first-order valence-electron chi connectivity index (χ1n) is 11.7. The molecule has 186 valence electrons. The normalized spacial score (nSPS) is 13.6. The van der Waals surface area contributed by atoms with Gasteiger partial charge in [0.25, 0.3) is 0 Å². The number of aromatic nitrogens is 2. The minimum Gasteiger partial charge on any atom is -0.473 e. The molecule has 9 nitrogen and oxygen atoms in total. The Morgan fingerprint density at radius 3 is 2.20 bits per heavy atom. The van der Waals surface area contributed by atoms with E-state index in [0.717, 1.165) is 64.6 Å². The van der Waals surface area contributed by atoms with Crippen LogP contribution < -0.4 is 5.32 Å². The van der Waals surface area contributed by atoms with Crippen molar-refractivity contribution in [2.45, 2.75) is 19.5 Å². The fraction of sp³-hybridized carbons (Fsp3) is 0.346. The molecule has 9 heteroatoms. The number of benzene rings is 2. The van der Waals surface area contributed by atoms with Gasteiger partial charge in [0.05, 0.1) is 25.5 Å². The molecular formula is C26H32N4O5. The Kier molecular flexibility index (Phi) is 10.4. The van der Waals surface area contributed by atoms with E-state index < -0.39 is 11.9 Å². The quantitative estimate of drug-likeness (QED) is 0.316. The number of aliphatic carboxylic acids is 2. The Bertz CT molecular complexity index is 1040. The summed E-state index contributed by atoms with van der Waals surface area (Å²) in [5, 5.41) is 23.3. The minimum atomic E-state index is -1.82. The van der Waals surface area contributed by atoms with Crippen molar-refractivity contribution in [2.75, 3.05) is 39.4 Å². The molecule has 1 aromatic heterocycles. The predicted molar refractivity (Wildman–Crippen MR) is 132 cm³/mol. The lowest BCUT2D eigenvalue weighted by Crippen LogP contribution is -2.37. The van der Waals surface area contributed by atoms with Gasteiger partial charge in [0.2, 0.25) is 0 Å². The van der Waals surface area contributed by atoms with Crippen LogP contribution in [0.5, 0.6) is 0 Å². The van der Waals surface area contributed by atoms with Crippen LogP contribution >= 0.6 is 0 Å². The molecule has 3 aromatic rings. The third-order valence-electron chi connectivity index (χ3n) is 5.50. The van der Waals surface area contributed by atoms with E-state index in [1.54, 1.807) is 0 Å². The molecule has 3 N–H and O–H groups in total. The number of nitrogens with zero attached hydrogens (tertiary/aromatic N) is 3. The number of hydrogen-bond acceptors (Lipinski definition) is 6. The second-order valence-corrected chi connectivity index (χ2v) is 8.15. The molecule has 0 unspecified atom stereocenters.